The fourth-order valence-corrected chi connectivity index (χ4v) is 5.08. The van der Waals surface area contributed by atoms with Crippen molar-refractivity contribution in [2.75, 3.05) is 6.54 Å². The smallest absolute Gasteiger partial charge is 0.0164 e. The molecule has 1 fully saturated rings. The minimum absolute atomic E-state index is 0.742. The molecule has 2 aliphatic rings. The molecule has 0 aliphatic heterocycles. The fraction of sp³-hybridized carbons (Fsp3) is 0.750. The minimum atomic E-state index is 0.742. The molecule has 0 saturated heterocycles. The van der Waals surface area contributed by atoms with Crippen LogP contribution in [0.2, 0.25) is 0 Å². The van der Waals surface area contributed by atoms with E-state index in [-0.39, 0.29) is 0 Å². The van der Waals surface area contributed by atoms with E-state index in [1.807, 2.05) is 11.3 Å². The van der Waals surface area contributed by atoms with Gasteiger partial charge in [0.2, 0.25) is 0 Å². The first-order chi connectivity index (χ1) is 8.90. The zero-order chi connectivity index (χ0) is 12.4. The van der Waals surface area contributed by atoms with E-state index in [9.17, 15) is 0 Å². The molecule has 100 valence electrons. The van der Waals surface area contributed by atoms with Crippen LogP contribution in [0.1, 0.15) is 61.8 Å². The average Bonchev–Trinajstić information content (AvgIpc) is 3.06. The van der Waals surface area contributed by atoms with Gasteiger partial charge in [-0.15, -0.1) is 11.3 Å². The molecule has 0 amide bonds. The van der Waals surface area contributed by atoms with Crippen LogP contribution in [0.5, 0.6) is 0 Å². The number of aryl methyl sites for hydroxylation is 1. The summed E-state index contributed by atoms with van der Waals surface area (Å²) in [6.45, 7) is 3.39. The lowest BCUT2D eigenvalue weighted by Crippen LogP contribution is -2.41. The molecule has 2 atom stereocenters. The summed E-state index contributed by atoms with van der Waals surface area (Å²) in [5.74, 6) is 1.73. The second-order valence-corrected chi connectivity index (χ2v) is 6.93. The van der Waals surface area contributed by atoms with Gasteiger partial charge in [-0.1, -0.05) is 19.8 Å². The zero-order valence-electron chi connectivity index (χ0n) is 11.5. The third-order valence-electron chi connectivity index (χ3n) is 4.88. The molecule has 1 aromatic rings. The largest absolute Gasteiger partial charge is 0.313 e. The zero-order valence-corrected chi connectivity index (χ0v) is 12.3. The van der Waals surface area contributed by atoms with Gasteiger partial charge in [0.1, 0.15) is 0 Å². The molecular weight excluding hydrogens is 238 g/mol. The van der Waals surface area contributed by atoms with Gasteiger partial charge in [-0.25, -0.2) is 0 Å². The third kappa shape index (κ3) is 2.37. The summed E-state index contributed by atoms with van der Waals surface area (Å²) in [5, 5.41) is 6.14. The van der Waals surface area contributed by atoms with Crippen molar-refractivity contribution in [3.05, 3.63) is 21.9 Å². The number of fused-ring (bicyclic) bond motifs is 1. The standard InChI is InChI=1S/C16H25NS/c1-2-17-16(12-6-3-4-7-12)14-8-5-9-15-13(14)10-11-18-15/h10-12,14,16-17H,2-9H2,1H3. The predicted octanol–water partition coefficient (Wildman–Crippen LogP) is 4.34. The minimum Gasteiger partial charge on any atom is -0.313 e. The maximum Gasteiger partial charge on any atom is 0.0164 e. The molecule has 2 heteroatoms. The normalized spacial score (nSPS) is 26.2. The topological polar surface area (TPSA) is 12.0 Å². The highest BCUT2D eigenvalue weighted by atomic mass is 32.1. The van der Waals surface area contributed by atoms with E-state index in [0.29, 0.717) is 0 Å². The molecule has 1 saturated carbocycles. The van der Waals surface area contributed by atoms with Crippen molar-refractivity contribution in [3.63, 3.8) is 0 Å². The van der Waals surface area contributed by atoms with Gasteiger partial charge in [-0.3, -0.25) is 0 Å². The average molecular weight is 263 g/mol. The summed E-state index contributed by atoms with van der Waals surface area (Å²) in [4.78, 5) is 1.67. The fourth-order valence-electron chi connectivity index (χ4n) is 4.08. The van der Waals surface area contributed by atoms with Crippen LogP contribution in [0, 0.1) is 5.92 Å². The molecule has 1 nitrogen and oxygen atoms in total. The van der Waals surface area contributed by atoms with Crippen LogP contribution < -0.4 is 5.32 Å². The summed E-state index contributed by atoms with van der Waals surface area (Å²) in [6.07, 6.45) is 9.94. The lowest BCUT2D eigenvalue weighted by atomic mass is 9.77. The van der Waals surface area contributed by atoms with E-state index in [2.05, 4.69) is 23.7 Å². The van der Waals surface area contributed by atoms with Gasteiger partial charge in [0, 0.05) is 16.8 Å². The van der Waals surface area contributed by atoms with Crippen LogP contribution in [-0.4, -0.2) is 12.6 Å². The number of hydrogen-bond donors (Lipinski definition) is 1. The van der Waals surface area contributed by atoms with Crippen molar-refractivity contribution in [2.24, 2.45) is 5.92 Å². The molecule has 3 rings (SSSR count). The van der Waals surface area contributed by atoms with Crippen LogP contribution in [0.15, 0.2) is 11.4 Å². The molecule has 2 unspecified atom stereocenters. The summed E-state index contributed by atoms with van der Waals surface area (Å²) >= 11 is 1.98. The Morgan fingerprint density at radius 3 is 2.89 bits per heavy atom. The Morgan fingerprint density at radius 2 is 2.11 bits per heavy atom. The Bertz CT molecular complexity index is 378. The highest BCUT2D eigenvalue weighted by Crippen LogP contribution is 2.42. The van der Waals surface area contributed by atoms with Crippen molar-refractivity contribution >= 4 is 11.3 Å². The molecule has 0 spiro atoms. The Morgan fingerprint density at radius 1 is 1.28 bits per heavy atom. The molecular formula is C16H25NS. The highest BCUT2D eigenvalue weighted by molar-refractivity contribution is 7.10. The number of likely N-dealkylation sites (N-methyl/N-ethyl adjacent to an activating group) is 1. The summed E-state index contributed by atoms with van der Waals surface area (Å²) in [6, 6.07) is 3.15. The van der Waals surface area contributed by atoms with Crippen LogP contribution in [0.25, 0.3) is 0 Å². The number of hydrogen-bond acceptors (Lipinski definition) is 2. The first-order valence-electron chi connectivity index (χ1n) is 7.69. The molecule has 2 aliphatic carbocycles. The first kappa shape index (κ1) is 12.7. The van der Waals surface area contributed by atoms with Gasteiger partial charge in [0.25, 0.3) is 0 Å². The highest BCUT2D eigenvalue weighted by Gasteiger charge is 2.34. The van der Waals surface area contributed by atoms with Gasteiger partial charge < -0.3 is 5.32 Å². The number of nitrogens with one attached hydrogen (secondary N) is 1. The Balaban J connectivity index is 1.82. The van der Waals surface area contributed by atoms with E-state index in [0.717, 1.165) is 24.4 Å². The van der Waals surface area contributed by atoms with E-state index < -0.39 is 0 Å². The molecule has 1 N–H and O–H groups in total. The van der Waals surface area contributed by atoms with Gasteiger partial charge in [0.15, 0.2) is 0 Å². The van der Waals surface area contributed by atoms with E-state index in [1.54, 1.807) is 10.4 Å². The summed E-state index contributed by atoms with van der Waals surface area (Å²) < 4.78 is 0. The lowest BCUT2D eigenvalue weighted by molar-refractivity contribution is 0.295. The van der Waals surface area contributed by atoms with Gasteiger partial charge in [0.05, 0.1) is 0 Å². The first-order valence-corrected chi connectivity index (χ1v) is 8.57. The van der Waals surface area contributed by atoms with E-state index in [1.165, 1.54) is 44.9 Å². The maximum absolute atomic E-state index is 3.83. The molecule has 18 heavy (non-hydrogen) atoms. The third-order valence-corrected chi connectivity index (χ3v) is 5.88. The van der Waals surface area contributed by atoms with Crippen molar-refractivity contribution in [2.45, 2.75) is 63.8 Å². The summed E-state index contributed by atoms with van der Waals surface area (Å²) in [5.41, 5.74) is 1.68. The molecule has 1 aromatic heterocycles. The summed E-state index contributed by atoms with van der Waals surface area (Å²) in [7, 11) is 0. The monoisotopic (exact) mass is 263 g/mol. The van der Waals surface area contributed by atoms with Gasteiger partial charge >= 0.3 is 0 Å². The van der Waals surface area contributed by atoms with Crippen LogP contribution in [0.3, 0.4) is 0 Å². The quantitative estimate of drug-likeness (QED) is 0.852. The second kappa shape index (κ2) is 5.75. The van der Waals surface area contributed by atoms with Gasteiger partial charge in [-0.2, -0.15) is 0 Å². The van der Waals surface area contributed by atoms with Crippen LogP contribution in [-0.2, 0) is 6.42 Å². The number of rotatable bonds is 4. The SMILES string of the molecule is CCNC(C1CCCC1)C1CCCc2sccc21. The Kier molecular flexibility index (Phi) is 4.05. The van der Waals surface area contributed by atoms with Crippen molar-refractivity contribution in [1.29, 1.82) is 0 Å². The predicted molar refractivity (Wildman–Crippen MR) is 79.4 cm³/mol. The van der Waals surface area contributed by atoms with Crippen LogP contribution >= 0.6 is 11.3 Å². The van der Waals surface area contributed by atoms with E-state index in [4.69, 9.17) is 0 Å². The second-order valence-electron chi connectivity index (χ2n) is 5.93. The van der Waals surface area contributed by atoms with Crippen molar-refractivity contribution in [1.82, 2.24) is 5.32 Å². The van der Waals surface area contributed by atoms with Crippen LogP contribution in [0.4, 0.5) is 0 Å². The van der Waals surface area contributed by atoms with Crippen molar-refractivity contribution in [3.8, 4) is 0 Å². The molecule has 1 heterocycles. The lowest BCUT2D eigenvalue weighted by Gasteiger charge is -2.35. The Hall–Kier alpha value is -0.340. The molecule has 0 bridgehead atoms. The molecule has 0 aromatic carbocycles. The van der Waals surface area contributed by atoms with Crippen molar-refractivity contribution < 1.29 is 0 Å². The Labute approximate surface area is 115 Å². The number of thiophene rings is 1. The van der Waals surface area contributed by atoms with E-state index >= 15 is 0 Å². The maximum atomic E-state index is 3.83. The molecule has 0 radical (unpaired) electrons. The van der Waals surface area contributed by atoms with Gasteiger partial charge in [-0.05, 0) is 61.6 Å².